The molecule has 0 bridgehead atoms. The standard InChI is InChI=1S/C21H20N2O4S/c1-25-16-10-7-14(8-11-16)17-13-28-21(22-17)23-19(24)12-9-15-5-4-6-18(26-2)20(15)27-3/h4-13H,1-3H3,(H,22,23,24)/b12-9+. The van der Waals surface area contributed by atoms with Crippen molar-refractivity contribution in [3.8, 4) is 28.5 Å². The van der Waals surface area contributed by atoms with Crippen LogP contribution < -0.4 is 19.5 Å². The Morgan fingerprint density at radius 3 is 2.50 bits per heavy atom. The molecule has 6 nitrogen and oxygen atoms in total. The maximum atomic E-state index is 12.2. The molecule has 3 aromatic rings. The summed E-state index contributed by atoms with van der Waals surface area (Å²) in [5.41, 5.74) is 2.49. The van der Waals surface area contributed by atoms with Gasteiger partial charge < -0.3 is 14.2 Å². The molecule has 3 rings (SSSR count). The van der Waals surface area contributed by atoms with Gasteiger partial charge in [0.1, 0.15) is 5.75 Å². The summed E-state index contributed by atoms with van der Waals surface area (Å²) >= 11 is 1.37. The van der Waals surface area contributed by atoms with Crippen LogP contribution in [-0.2, 0) is 4.79 Å². The molecule has 0 unspecified atom stereocenters. The van der Waals surface area contributed by atoms with Crippen LogP contribution in [0.2, 0.25) is 0 Å². The van der Waals surface area contributed by atoms with Crippen LogP contribution in [0.25, 0.3) is 17.3 Å². The highest BCUT2D eigenvalue weighted by atomic mass is 32.1. The van der Waals surface area contributed by atoms with E-state index in [1.807, 2.05) is 41.8 Å². The predicted molar refractivity (Wildman–Crippen MR) is 111 cm³/mol. The number of carbonyl (C=O) groups excluding carboxylic acids is 1. The number of rotatable bonds is 7. The summed E-state index contributed by atoms with van der Waals surface area (Å²) in [5.74, 6) is 1.69. The predicted octanol–water partition coefficient (Wildman–Crippen LogP) is 4.49. The zero-order valence-corrected chi connectivity index (χ0v) is 16.6. The minimum Gasteiger partial charge on any atom is -0.497 e. The van der Waals surface area contributed by atoms with E-state index in [2.05, 4.69) is 10.3 Å². The molecule has 0 saturated heterocycles. The molecular weight excluding hydrogens is 376 g/mol. The SMILES string of the molecule is COc1ccc(-c2csc(NC(=O)/C=C/c3cccc(OC)c3OC)n2)cc1. The van der Waals surface area contributed by atoms with Crippen molar-refractivity contribution < 1.29 is 19.0 Å². The molecule has 0 atom stereocenters. The number of aromatic nitrogens is 1. The quantitative estimate of drug-likeness (QED) is 0.596. The third-order valence-electron chi connectivity index (χ3n) is 3.97. The van der Waals surface area contributed by atoms with E-state index in [-0.39, 0.29) is 5.91 Å². The summed E-state index contributed by atoms with van der Waals surface area (Å²) in [6.45, 7) is 0. The maximum absolute atomic E-state index is 12.2. The number of anilines is 1. The Balaban J connectivity index is 1.69. The van der Waals surface area contributed by atoms with Crippen molar-refractivity contribution in [1.82, 2.24) is 4.98 Å². The van der Waals surface area contributed by atoms with Gasteiger partial charge in [0.2, 0.25) is 5.91 Å². The number of para-hydroxylation sites is 1. The molecule has 1 heterocycles. The molecule has 7 heteroatoms. The average molecular weight is 396 g/mol. The fourth-order valence-corrected chi connectivity index (χ4v) is 3.30. The fourth-order valence-electron chi connectivity index (χ4n) is 2.58. The van der Waals surface area contributed by atoms with Gasteiger partial charge in [0.15, 0.2) is 16.6 Å². The smallest absolute Gasteiger partial charge is 0.250 e. The molecular formula is C21H20N2O4S. The third kappa shape index (κ3) is 4.50. The molecule has 28 heavy (non-hydrogen) atoms. The second kappa shape index (κ2) is 9.05. The molecule has 1 amide bonds. The number of ether oxygens (including phenoxy) is 3. The Morgan fingerprint density at radius 1 is 1.04 bits per heavy atom. The van der Waals surface area contributed by atoms with Crippen molar-refractivity contribution >= 4 is 28.5 Å². The van der Waals surface area contributed by atoms with Gasteiger partial charge in [-0.25, -0.2) is 4.98 Å². The number of thiazole rings is 1. The maximum Gasteiger partial charge on any atom is 0.250 e. The van der Waals surface area contributed by atoms with E-state index < -0.39 is 0 Å². The minimum atomic E-state index is -0.277. The van der Waals surface area contributed by atoms with E-state index in [1.54, 1.807) is 33.5 Å². The Bertz CT molecular complexity index is 980. The molecule has 0 radical (unpaired) electrons. The van der Waals surface area contributed by atoms with Crippen LogP contribution in [0, 0.1) is 0 Å². The van der Waals surface area contributed by atoms with Crippen LogP contribution in [-0.4, -0.2) is 32.2 Å². The number of nitrogens with one attached hydrogen (secondary N) is 1. The molecule has 0 fully saturated rings. The summed E-state index contributed by atoms with van der Waals surface area (Å²) in [6, 6.07) is 13.1. The molecule has 0 aliphatic carbocycles. The monoisotopic (exact) mass is 396 g/mol. The number of amides is 1. The van der Waals surface area contributed by atoms with Gasteiger partial charge in [0.25, 0.3) is 0 Å². The van der Waals surface area contributed by atoms with E-state index >= 15 is 0 Å². The summed E-state index contributed by atoms with van der Waals surface area (Å²) in [6.07, 6.45) is 3.11. The first-order valence-corrected chi connectivity index (χ1v) is 9.32. The van der Waals surface area contributed by atoms with Crippen LogP contribution in [0.5, 0.6) is 17.2 Å². The first kappa shape index (κ1) is 19.4. The normalized spacial score (nSPS) is 10.7. The van der Waals surface area contributed by atoms with Crippen molar-refractivity contribution in [3.05, 3.63) is 59.5 Å². The second-order valence-corrected chi connectivity index (χ2v) is 6.53. The van der Waals surface area contributed by atoms with E-state index in [9.17, 15) is 4.79 Å². The molecule has 0 aliphatic rings. The molecule has 0 aliphatic heterocycles. The molecule has 0 saturated carbocycles. The van der Waals surface area contributed by atoms with Crippen molar-refractivity contribution in [3.63, 3.8) is 0 Å². The molecule has 144 valence electrons. The first-order chi connectivity index (χ1) is 13.6. The molecule has 1 aromatic heterocycles. The van der Waals surface area contributed by atoms with Gasteiger partial charge >= 0.3 is 0 Å². The zero-order chi connectivity index (χ0) is 19.9. The van der Waals surface area contributed by atoms with E-state index in [1.165, 1.54) is 17.4 Å². The molecule has 0 spiro atoms. The van der Waals surface area contributed by atoms with Gasteiger partial charge in [0, 0.05) is 22.6 Å². The average Bonchev–Trinajstić information content (AvgIpc) is 3.20. The van der Waals surface area contributed by atoms with Gasteiger partial charge in [-0.05, 0) is 36.4 Å². The summed E-state index contributed by atoms with van der Waals surface area (Å²) in [5, 5.41) is 5.20. The topological polar surface area (TPSA) is 69.7 Å². The highest BCUT2D eigenvalue weighted by Gasteiger charge is 2.09. The number of methoxy groups -OCH3 is 3. The van der Waals surface area contributed by atoms with Crippen LogP contribution in [0.1, 0.15) is 5.56 Å². The van der Waals surface area contributed by atoms with Crippen molar-refractivity contribution in [2.45, 2.75) is 0 Å². The highest BCUT2D eigenvalue weighted by molar-refractivity contribution is 7.14. The summed E-state index contributed by atoms with van der Waals surface area (Å²) in [4.78, 5) is 16.7. The summed E-state index contributed by atoms with van der Waals surface area (Å²) in [7, 11) is 4.76. The number of nitrogens with zero attached hydrogens (tertiary/aromatic N) is 1. The molecule has 2 aromatic carbocycles. The van der Waals surface area contributed by atoms with Crippen molar-refractivity contribution in [2.75, 3.05) is 26.6 Å². The Labute approximate surface area is 167 Å². The second-order valence-electron chi connectivity index (χ2n) is 5.67. The van der Waals surface area contributed by atoms with Crippen LogP contribution in [0.15, 0.2) is 53.9 Å². The van der Waals surface area contributed by atoms with Crippen LogP contribution in [0.3, 0.4) is 0 Å². The zero-order valence-electron chi connectivity index (χ0n) is 15.8. The number of hydrogen-bond donors (Lipinski definition) is 1. The number of hydrogen-bond acceptors (Lipinski definition) is 6. The van der Waals surface area contributed by atoms with Crippen molar-refractivity contribution in [1.29, 1.82) is 0 Å². The van der Waals surface area contributed by atoms with E-state index in [4.69, 9.17) is 14.2 Å². The van der Waals surface area contributed by atoms with Crippen LogP contribution >= 0.6 is 11.3 Å². The lowest BCUT2D eigenvalue weighted by atomic mass is 10.1. The first-order valence-electron chi connectivity index (χ1n) is 8.44. The highest BCUT2D eigenvalue weighted by Crippen LogP contribution is 2.31. The number of carbonyl (C=O) groups is 1. The van der Waals surface area contributed by atoms with Gasteiger partial charge in [-0.2, -0.15) is 0 Å². The summed E-state index contributed by atoms with van der Waals surface area (Å²) < 4.78 is 15.8. The minimum absolute atomic E-state index is 0.277. The Kier molecular flexibility index (Phi) is 6.29. The number of benzene rings is 2. The van der Waals surface area contributed by atoms with Gasteiger partial charge in [-0.15, -0.1) is 11.3 Å². The van der Waals surface area contributed by atoms with Crippen LogP contribution in [0.4, 0.5) is 5.13 Å². The third-order valence-corrected chi connectivity index (χ3v) is 4.73. The lowest BCUT2D eigenvalue weighted by Gasteiger charge is -2.09. The fraction of sp³-hybridized carbons (Fsp3) is 0.143. The van der Waals surface area contributed by atoms with Gasteiger partial charge in [-0.1, -0.05) is 12.1 Å². The van der Waals surface area contributed by atoms with E-state index in [0.717, 1.165) is 22.6 Å². The lowest BCUT2D eigenvalue weighted by Crippen LogP contribution is -2.07. The van der Waals surface area contributed by atoms with Gasteiger partial charge in [-0.3, -0.25) is 10.1 Å². The molecule has 1 N–H and O–H groups in total. The lowest BCUT2D eigenvalue weighted by molar-refractivity contribution is -0.111. The van der Waals surface area contributed by atoms with Crippen molar-refractivity contribution in [2.24, 2.45) is 0 Å². The largest absolute Gasteiger partial charge is 0.497 e. The Morgan fingerprint density at radius 2 is 1.82 bits per heavy atom. The Hall–Kier alpha value is -3.32. The van der Waals surface area contributed by atoms with Gasteiger partial charge in [0.05, 0.1) is 27.0 Å². The van der Waals surface area contributed by atoms with E-state index in [0.29, 0.717) is 16.6 Å².